The Balaban J connectivity index is 2.82. The number of aliphatic imine (C=N–C) groups is 1. The highest BCUT2D eigenvalue weighted by atomic mass is 16.5. The van der Waals surface area contributed by atoms with E-state index in [4.69, 9.17) is 14.2 Å². The third kappa shape index (κ3) is 5.06. The molecule has 1 unspecified atom stereocenters. The SMILES string of the molecule is CCOC(=O)C(=O)N(C1=C(C(=O)OCC)C(C(=O)OCC)N2C=CC=CC2=N1)C(C)(C)C. The van der Waals surface area contributed by atoms with Gasteiger partial charge in [-0.1, -0.05) is 6.08 Å². The molecule has 0 saturated carbocycles. The average Bonchev–Trinajstić information content (AvgIpc) is 2.72. The van der Waals surface area contributed by atoms with Crippen LogP contribution >= 0.6 is 0 Å². The first kappa shape index (κ1) is 24.8. The second-order valence-corrected chi connectivity index (χ2v) is 7.72. The molecule has 2 rings (SSSR count). The van der Waals surface area contributed by atoms with Gasteiger partial charge < -0.3 is 19.1 Å². The van der Waals surface area contributed by atoms with Crippen molar-refractivity contribution in [1.29, 1.82) is 0 Å². The van der Waals surface area contributed by atoms with Gasteiger partial charge in [0.25, 0.3) is 0 Å². The van der Waals surface area contributed by atoms with Crippen LogP contribution in [0.15, 0.2) is 40.8 Å². The van der Waals surface area contributed by atoms with E-state index in [1.807, 2.05) is 0 Å². The Labute approximate surface area is 187 Å². The van der Waals surface area contributed by atoms with E-state index in [0.717, 1.165) is 4.90 Å². The van der Waals surface area contributed by atoms with Crippen molar-refractivity contribution in [2.75, 3.05) is 19.8 Å². The van der Waals surface area contributed by atoms with Gasteiger partial charge in [0.05, 0.1) is 19.8 Å². The molecule has 0 radical (unpaired) electrons. The van der Waals surface area contributed by atoms with Crippen LogP contribution in [0.2, 0.25) is 0 Å². The zero-order valence-electron chi connectivity index (χ0n) is 19.2. The summed E-state index contributed by atoms with van der Waals surface area (Å²) in [4.78, 5) is 58.5. The predicted molar refractivity (Wildman–Crippen MR) is 115 cm³/mol. The number of hydrogen-bond acceptors (Lipinski definition) is 9. The van der Waals surface area contributed by atoms with Crippen LogP contribution in [0.3, 0.4) is 0 Å². The Bertz CT molecular complexity index is 909. The van der Waals surface area contributed by atoms with Crippen molar-refractivity contribution < 1.29 is 33.4 Å². The molecule has 2 aliphatic rings. The molecular formula is C22H29N3O7. The van der Waals surface area contributed by atoms with Gasteiger partial charge in [0.1, 0.15) is 11.4 Å². The molecule has 0 N–H and O–H groups in total. The maximum absolute atomic E-state index is 13.1. The van der Waals surface area contributed by atoms with Gasteiger partial charge >= 0.3 is 23.8 Å². The molecule has 32 heavy (non-hydrogen) atoms. The van der Waals surface area contributed by atoms with Crippen molar-refractivity contribution in [2.45, 2.75) is 53.1 Å². The first-order valence-corrected chi connectivity index (χ1v) is 10.4. The molecule has 0 bridgehead atoms. The number of hydrogen-bond donors (Lipinski definition) is 0. The van der Waals surface area contributed by atoms with Crippen molar-refractivity contribution in [2.24, 2.45) is 4.99 Å². The number of amidine groups is 1. The maximum atomic E-state index is 13.1. The molecule has 0 aromatic heterocycles. The summed E-state index contributed by atoms with van der Waals surface area (Å²) in [5.41, 5.74) is -1.21. The van der Waals surface area contributed by atoms with Gasteiger partial charge in [-0.3, -0.25) is 9.69 Å². The minimum absolute atomic E-state index is 0.00633. The predicted octanol–water partition coefficient (Wildman–Crippen LogP) is 1.68. The lowest BCUT2D eigenvalue weighted by molar-refractivity contribution is -0.161. The fraction of sp³-hybridized carbons (Fsp3) is 0.500. The number of amides is 1. The molecule has 0 fully saturated rings. The summed E-state index contributed by atoms with van der Waals surface area (Å²) in [6, 6.07) is -1.27. The number of allylic oxidation sites excluding steroid dienone is 2. The Morgan fingerprint density at radius 2 is 1.62 bits per heavy atom. The van der Waals surface area contributed by atoms with Crippen LogP contribution in [-0.4, -0.2) is 70.9 Å². The van der Waals surface area contributed by atoms with Crippen molar-refractivity contribution in [3.8, 4) is 0 Å². The Morgan fingerprint density at radius 1 is 1.00 bits per heavy atom. The first-order valence-electron chi connectivity index (χ1n) is 10.4. The highest BCUT2D eigenvalue weighted by molar-refractivity contribution is 6.33. The number of fused-ring (bicyclic) bond motifs is 1. The van der Waals surface area contributed by atoms with Crippen molar-refractivity contribution in [3.05, 3.63) is 35.8 Å². The van der Waals surface area contributed by atoms with Crippen molar-refractivity contribution >= 4 is 29.7 Å². The van der Waals surface area contributed by atoms with Crippen LogP contribution in [0.1, 0.15) is 41.5 Å². The molecule has 174 valence electrons. The lowest BCUT2D eigenvalue weighted by Gasteiger charge is -2.41. The third-order valence-electron chi connectivity index (χ3n) is 4.42. The lowest BCUT2D eigenvalue weighted by Crippen LogP contribution is -2.54. The molecule has 0 spiro atoms. The fourth-order valence-corrected chi connectivity index (χ4v) is 3.23. The van der Waals surface area contributed by atoms with Gasteiger partial charge in [-0.25, -0.2) is 19.4 Å². The van der Waals surface area contributed by atoms with Gasteiger partial charge in [0.2, 0.25) is 0 Å². The minimum Gasteiger partial charge on any atom is -0.464 e. The van der Waals surface area contributed by atoms with E-state index in [9.17, 15) is 19.2 Å². The summed E-state index contributed by atoms with van der Waals surface area (Å²) in [6.07, 6.45) is 6.55. The number of esters is 3. The molecule has 10 heteroatoms. The van der Waals surface area contributed by atoms with Gasteiger partial charge in [0.15, 0.2) is 11.9 Å². The van der Waals surface area contributed by atoms with Gasteiger partial charge in [0, 0.05) is 11.7 Å². The van der Waals surface area contributed by atoms with Crippen LogP contribution < -0.4 is 0 Å². The average molecular weight is 447 g/mol. The van der Waals surface area contributed by atoms with Crippen LogP contribution in [0, 0.1) is 0 Å². The summed E-state index contributed by atoms with van der Waals surface area (Å²) in [5, 5.41) is 0. The molecule has 0 saturated heterocycles. The largest absolute Gasteiger partial charge is 0.464 e. The third-order valence-corrected chi connectivity index (χ3v) is 4.42. The first-order chi connectivity index (χ1) is 15.1. The molecule has 2 heterocycles. The van der Waals surface area contributed by atoms with Crippen LogP contribution in [0.5, 0.6) is 0 Å². The van der Waals surface area contributed by atoms with Crippen molar-refractivity contribution in [1.82, 2.24) is 9.80 Å². The summed E-state index contributed by atoms with van der Waals surface area (Å²) >= 11 is 0. The summed E-state index contributed by atoms with van der Waals surface area (Å²) < 4.78 is 15.3. The van der Waals surface area contributed by atoms with E-state index in [2.05, 4.69) is 4.99 Å². The maximum Gasteiger partial charge on any atom is 0.397 e. The second-order valence-electron chi connectivity index (χ2n) is 7.72. The van der Waals surface area contributed by atoms with Gasteiger partial charge in [-0.15, -0.1) is 0 Å². The summed E-state index contributed by atoms with van der Waals surface area (Å²) in [5.74, 6) is -3.58. The number of nitrogens with zero attached hydrogens (tertiary/aromatic N) is 3. The van der Waals surface area contributed by atoms with Crippen LogP contribution in [0.25, 0.3) is 0 Å². The molecule has 1 amide bonds. The normalized spacial score (nSPS) is 17.4. The minimum atomic E-state index is -1.27. The zero-order valence-corrected chi connectivity index (χ0v) is 19.2. The molecule has 10 nitrogen and oxygen atoms in total. The molecule has 0 aromatic rings. The van der Waals surface area contributed by atoms with E-state index in [0.29, 0.717) is 5.84 Å². The van der Waals surface area contributed by atoms with Gasteiger partial charge in [-0.2, -0.15) is 0 Å². The molecular weight excluding hydrogens is 418 g/mol. The van der Waals surface area contributed by atoms with E-state index in [-0.39, 0.29) is 31.2 Å². The number of rotatable bonds is 6. The summed E-state index contributed by atoms with van der Waals surface area (Å²) in [6.45, 7) is 9.93. The van der Waals surface area contributed by atoms with Crippen LogP contribution in [-0.2, 0) is 33.4 Å². The smallest absolute Gasteiger partial charge is 0.397 e. The molecule has 2 aliphatic heterocycles. The summed E-state index contributed by atoms with van der Waals surface area (Å²) in [7, 11) is 0. The number of carbonyl (C=O) groups is 4. The topological polar surface area (TPSA) is 115 Å². The second kappa shape index (κ2) is 10.3. The fourth-order valence-electron chi connectivity index (χ4n) is 3.23. The van der Waals surface area contributed by atoms with E-state index in [1.54, 1.807) is 66.0 Å². The highest BCUT2D eigenvalue weighted by Gasteiger charge is 2.46. The van der Waals surface area contributed by atoms with E-state index < -0.39 is 35.4 Å². The molecule has 0 aliphatic carbocycles. The van der Waals surface area contributed by atoms with Crippen LogP contribution in [0.4, 0.5) is 0 Å². The highest BCUT2D eigenvalue weighted by Crippen LogP contribution is 2.33. The Morgan fingerprint density at radius 3 is 2.19 bits per heavy atom. The molecule has 0 aromatic carbocycles. The monoisotopic (exact) mass is 447 g/mol. The van der Waals surface area contributed by atoms with E-state index in [1.165, 1.54) is 4.90 Å². The standard InChI is InChI=1S/C22H29N3O7/c1-7-30-19(27)15-16(20(28)31-8-2)24-13-11-10-12-14(24)23-17(15)25(22(4,5)6)18(26)21(29)32-9-3/h10-13,16H,7-9H2,1-6H3. The Hall–Kier alpha value is -3.43. The Kier molecular flexibility index (Phi) is 7.96. The van der Waals surface area contributed by atoms with E-state index >= 15 is 0 Å². The van der Waals surface area contributed by atoms with Gasteiger partial charge in [-0.05, 0) is 53.7 Å². The quantitative estimate of drug-likeness (QED) is 0.343. The zero-order chi connectivity index (χ0) is 24.1. The van der Waals surface area contributed by atoms with Crippen molar-refractivity contribution in [3.63, 3.8) is 0 Å². The number of carbonyl (C=O) groups excluding carboxylic acids is 4. The number of ether oxygens (including phenoxy) is 3. The molecule has 1 atom stereocenters. The lowest BCUT2D eigenvalue weighted by atomic mass is 9.98.